The number of benzene rings is 1. The second kappa shape index (κ2) is 4.85. The normalized spacial score (nSPS) is 14.6. The molecule has 0 spiro atoms. The molecule has 0 bridgehead atoms. The lowest BCUT2D eigenvalue weighted by molar-refractivity contribution is -0.991. The highest BCUT2D eigenvalue weighted by atomic mass is 16.8. The molecule has 5 N–H and O–H groups in total. The Hall–Kier alpha value is -1.47. The summed E-state index contributed by atoms with van der Waals surface area (Å²) in [6.45, 7) is 0. The topological polar surface area (TPSA) is 111 Å². The Bertz CT molecular complexity index is 354. The summed E-state index contributed by atoms with van der Waals surface area (Å²) in [6.07, 6.45) is 0.121. The molecule has 1 aromatic carbocycles. The van der Waals surface area contributed by atoms with Crippen molar-refractivity contribution in [3.05, 3.63) is 35.0 Å². The van der Waals surface area contributed by atoms with Crippen molar-refractivity contribution in [1.82, 2.24) is 0 Å². The van der Waals surface area contributed by atoms with E-state index in [-0.39, 0.29) is 12.1 Å². The lowest BCUT2D eigenvalue weighted by Gasteiger charge is -2.13. The third kappa shape index (κ3) is 3.30. The SMILES string of the molecule is NC(Cc1cccc([NH+]([O-])O)c1)C(=O)O. The second-order valence-electron chi connectivity index (χ2n) is 3.15. The van der Waals surface area contributed by atoms with E-state index in [1.165, 1.54) is 12.1 Å². The van der Waals surface area contributed by atoms with Crippen LogP contribution in [0.2, 0.25) is 0 Å². The molecular weight excluding hydrogens is 200 g/mol. The van der Waals surface area contributed by atoms with Gasteiger partial charge in [-0.1, -0.05) is 12.1 Å². The van der Waals surface area contributed by atoms with Crippen molar-refractivity contribution in [2.75, 3.05) is 0 Å². The monoisotopic (exact) mass is 212 g/mol. The minimum Gasteiger partial charge on any atom is -0.595 e. The number of rotatable bonds is 4. The van der Waals surface area contributed by atoms with Crippen LogP contribution in [0.4, 0.5) is 5.69 Å². The maximum Gasteiger partial charge on any atom is 0.320 e. The molecule has 0 aliphatic carbocycles. The first kappa shape index (κ1) is 11.6. The number of nitrogens with two attached hydrogens (primary N) is 1. The zero-order valence-corrected chi connectivity index (χ0v) is 7.88. The van der Waals surface area contributed by atoms with Crippen LogP contribution in [0.25, 0.3) is 0 Å². The van der Waals surface area contributed by atoms with Gasteiger partial charge in [-0.05, 0) is 12.0 Å². The van der Waals surface area contributed by atoms with Crippen molar-refractivity contribution in [3.8, 4) is 0 Å². The number of nitrogens with one attached hydrogen (secondary N) is 1. The Morgan fingerprint density at radius 1 is 1.60 bits per heavy atom. The van der Waals surface area contributed by atoms with Gasteiger partial charge in [-0.3, -0.25) is 4.79 Å². The highest BCUT2D eigenvalue weighted by Gasteiger charge is 2.12. The Morgan fingerprint density at radius 3 is 2.80 bits per heavy atom. The van der Waals surface area contributed by atoms with Gasteiger partial charge in [0.15, 0.2) is 5.69 Å². The molecule has 0 saturated carbocycles. The zero-order valence-electron chi connectivity index (χ0n) is 7.88. The first-order valence-electron chi connectivity index (χ1n) is 4.31. The maximum absolute atomic E-state index is 10.6. The Morgan fingerprint density at radius 2 is 2.27 bits per heavy atom. The van der Waals surface area contributed by atoms with Crippen LogP contribution in [0.1, 0.15) is 5.56 Å². The number of hydrogen-bond acceptors (Lipinski definition) is 4. The number of carboxylic acid groups (broad SMARTS) is 1. The van der Waals surface area contributed by atoms with E-state index < -0.39 is 17.2 Å². The molecule has 1 aromatic rings. The molecule has 0 amide bonds. The highest BCUT2D eigenvalue weighted by Crippen LogP contribution is 2.08. The van der Waals surface area contributed by atoms with E-state index >= 15 is 0 Å². The molecule has 0 aromatic heterocycles. The van der Waals surface area contributed by atoms with Gasteiger partial charge in [0, 0.05) is 12.1 Å². The van der Waals surface area contributed by atoms with Crippen LogP contribution in [0.3, 0.4) is 0 Å². The fraction of sp³-hybridized carbons (Fsp3) is 0.222. The van der Waals surface area contributed by atoms with Crippen molar-refractivity contribution in [3.63, 3.8) is 0 Å². The van der Waals surface area contributed by atoms with E-state index in [2.05, 4.69) is 0 Å². The van der Waals surface area contributed by atoms with Gasteiger partial charge in [0.05, 0.1) is 0 Å². The molecule has 6 nitrogen and oxygen atoms in total. The molecular formula is C9H12N2O4. The first-order valence-corrected chi connectivity index (χ1v) is 4.31. The van der Waals surface area contributed by atoms with Gasteiger partial charge < -0.3 is 16.0 Å². The lowest BCUT2D eigenvalue weighted by Crippen LogP contribution is -2.99. The molecule has 0 saturated heterocycles. The van der Waals surface area contributed by atoms with Crippen molar-refractivity contribution >= 4 is 11.7 Å². The molecule has 0 aliphatic rings. The number of aliphatic carboxylic acids is 1. The lowest BCUT2D eigenvalue weighted by atomic mass is 10.1. The van der Waals surface area contributed by atoms with Gasteiger partial charge in [0.2, 0.25) is 0 Å². The summed E-state index contributed by atoms with van der Waals surface area (Å²) >= 11 is 0. The van der Waals surface area contributed by atoms with E-state index in [1.807, 2.05) is 0 Å². The Kier molecular flexibility index (Phi) is 3.75. The number of hydrogen-bond donors (Lipinski definition) is 4. The summed E-state index contributed by atoms with van der Waals surface area (Å²) < 4.78 is 0. The third-order valence-corrected chi connectivity index (χ3v) is 1.95. The van der Waals surface area contributed by atoms with Crippen LogP contribution in [0.15, 0.2) is 24.3 Å². The fourth-order valence-corrected chi connectivity index (χ4v) is 1.17. The first-order chi connectivity index (χ1) is 7.00. The molecule has 1 rings (SSSR count). The number of carboxylic acids is 1. The second-order valence-corrected chi connectivity index (χ2v) is 3.15. The molecule has 2 atom stereocenters. The minimum atomic E-state index is -1.10. The average molecular weight is 212 g/mol. The Labute approximate surface area is 86.1 Å². The van der Waals surface area contributed by atoms with Crippen LogP contribution in [-0.2, 0) is 11.2 Å². The van der Waals surface area contributed by atoms with E-state index in [0.717, 1.165) is 0 Å². The third-order valence-electron chi connectivity index (χ3n) is 1.95. The van der Waals surface area contributed by atoms with Gasteiger partial charge in [-0.25, -0.2) is 5.21 Å². The summed E-state index contributed by atoms with van der Waals surface area (Å²) in [6, 6.07) is 5.07. The molecule has 6 heteroatoms. The standard InChI is InChI=1S/C9H12N2O4/c10-8(9(12)13)5-6-2-1-3-7(4-6)11(14)15/h1-4,8,11,14H,5,10H2,(H,12,13). The summed E-state index contributed by atoms with van der Waals surface area (Å²) in [5, 5.41) is 26.9. The predicted octanol–water partition coefficient (Wildman–Crippen LogP) is -0.956. The van der Waals surface area contributed by atoms with Gasteiger partial charge in [-0.2, -0.15) is 5.23 Å². The zero-order chi connectivity index (χ0) is 11.4. The Balaban J connectivity index is 2.78. The summed E-state index contributed by atoms with van der Waals surface area (Å²) in [4.78, 5) is 10.5. The number of carbonyl (C=O) groups is 1. The van der Waals surface area contributed by atoms with Crippen molar-refractivity contribution in [1.29, 1.82) is 0 Å². The largest absolute Gasteiger partial charge is 0.595 e. The van der Waals surface area contributed by atoms with E-state index in [0.29, 0.717) is 5.56 Å². The van der Waals surface area contributed by atoms with Crippen LogP contribution >= 0.6 is 0 Å². The van der Waals surface area contributed by atoms with Crippen LogP contribution in [0, 0.1) is 5.21 Å². The minimum absolute atomic E-state index is 0.121. The van der Waals surface area contributed by atoms with Gasteiger partial charge in [-0.15, -0.1) is 0 Å². The van der Waals surface area contributed by atoms with Crippen LogP contribution in [-0.4, -0.2) is 22.3 Å². The molecule has 15 heavy (non-hydrogen) atoms. The fourth-order valence-electron chi connectivity index (χ4n) is 1.17. The quantitative estimate of drug-likeness (QED) is 0.480. The van der Waals surface area contributed by atoms with Gasteiger partial charge in [0.25, 0.3) is 0 Å². The molecule has 82 valence electrons. The molecule has 0 radical (unpaired) electrons. The highest BCUT2D eigenvalue weighted by molar-refractivity contribution is 5.73. The average Bonchev–Trinajstić information content (AvgIpc) is 2.18. The van der Waals surface area contributed by atoms with Crippen molar-refractivity contribution in [2.24, 2.45) is 5.73 Å². The molecule has 0 heterocycles. The van der Waals surface area contributed by atoms with E-state index in [4.69, 9.17) is 16.0 Å². The van der Waals surface area contributed by atoms with E-state index in [1.54, 1.807) is 12.1 Å². The van der Waals surface area contributed by atoms with Crippen LogP contribution < -0.4 is 11.0 Å². The number of quaternary nitrogens is 1. The molecule has 2 unspecified atom stereocenters. The maximum atomic E-state index is 10.6. The molecule has 0 aliphatic heterocycles. The predicted molar refractivity (Wildman–Crippen MR) is 51.5 cm³/mol. The molecule has 0 fully saturated rings. The van der Waals surface area contributed by atoms with E-state index in [9.17, 15) is 10.0 Å². The smallest absolute Gasteiger partial charge is 0.320 e. The van der Waals surface area contributed by atoms with Crippen molar-refractivity contribution in [2.45, 2.75) is 12.5 Å². The van der Waals surface area contributed by atoms with Crippen LogP contribution in [0.5, 0.6) is 0 Å². The summed E-state index contributed by atoms with van der Waals surface area (Å²) in [5.74, 6) is -1.10. The van der Waals surface area contributed by atoms with Gasteiger partial charge >= 0.3 is 5.97 Å². The van der Waals surface area contributed by atoms with Crippen molar-refractivity contribution < 1.29 is 20.3 Å². The summed E-state index contributed by atoms with van der Waals surface area (Å²) in [7, 11) is 0. The van der Waals surface area contributed by atoms with Gasteiger partial charge in [0.1, 0.15) is 6.04 Å². The summed E-state index contributed by atoms with van der Waals surface area (Å²) in [5.41, 5.74) is 6.06.